The third-order valence-corrected chi connectivity index (χ3v) is 7.18. The van der Waals surface area contributed by atoms with E-state index in [1.807, 2.05) is 31.2 Å². The van der Waals surface area contributed by atoms with Gasteiger partial charge < -0.3 is 33.5 Å². The highest BCUT2D eigenvalue weighted by Crippen LogP contribution is 2.53. The minimum atomic E-state index is -0.451. The lowest BCUT2D eigenvalue weighted by Crippen LogP contribution is -2.30. The molecule has 2 aliphatic rings. The summed E-state index contributed by atoms with van der Waals surface area (Å²) >= 11 is 0. The molecule has 37 heavy (non-hydrogen) atoms. The van der Waals surface area contributed by atoms with Gasteiger partial charge in [-0.05, 0) is 37.6 Å². The van der Waals surface area contributed by atoms with Gasteiger partial charge in [0.2, 0.25) is 5.88 Å². The van der Waals surface area contributed by atoms with Crippen LogP contribution in [0.3, 0.4) is 0 Å². The van der Waals surface area contributed by atoms with Crippen molar-refractivity contribution in [1.29, 1.82) is 0 Å². The van der Waals surface area contributed by atoms with E-state index in [0.29, 0.717) is 58.7 Å². The van der Waals surface area contributed by atoms with Gasteiger partial charge in [-0.1, -0.05) is 5.16 Å². The van der Waals surface area contributed by atoms with E-state index in [1.165, 1.54) is 0 Å². The fourth-order valence-electron chi connectivity index (χ4n) is 5.44. The van der Waals surface area contributed by atoms with Gasteiger partial charge in [0.05, 0.1) is 52.7 Å². The molecular formula is C28H30N2O7. The number of carbonyl (C=O) groups is 1. The summed E-state index contributed by atoms with van der Waals surface area (Å²) in [5.41, 5.74) is 4.64. The highest BCUT2D eigenvalue weighted by Gasteiger charge is 2.43. The Labute approximate surface area is 215 Å². The van der Waals surface area contributed by atoms with E-state index >= 15 is 0 Å². The lowest BCUT2D eigenvalue weighted by molar-refractivity contribution is -0.116. The minimum Gasteiger partial charge on any atom is -0.497 e. The third kappa shape index (κ3) is 4.04. The number of rotatable bonds is 7. The third-order valence-electron chi connectivity index (χ3n) is 7.18. The molecule has 1 aromatic heterocycles. The molecule has 0 radical (unpaired) electrons. The van der Waals surface area contributed by atoms with Crippen molar-refractivity contribution in [3.8, 4) is 28.7 Å². The number of nitrogens with one attached hydrogen (secondary N) is 1. The number of hydrogen-bond donors (Lipinski definition) is 1. The number of aromatic nitrogens is 1. The second-order valence-electron chi connectivity index (χ2n) is 9.05. The van der Waals surface area contributed by atoms with Gasteiger partial charge in [-0.15, -0.1) is 0 Å². The topological polar surface area (TPSA) is 101 Å². The van der Waals surface area contributed by atoms with Crippen LogP contribution in [0.5, 0.6) is 28.7 Å². The van der Waals surface area contributed by atoms with Gasteiger partial charge in [-0.25, -0.2) is 0 Å². The predicted molar refractivity (Wildman–Crippen MR) is 136 cm³/mol. The Kier molecular flexibility index (Phi) is 6.45. The average Bonchev–Trinajstić information content (AvgIpc) is 3.30. The normalized spacial score (nSPS) is 18.5. The lowest BCUT2D eigenvalue weighted by Gasteiger charge is -2.35. The molecule has 0 bridgehead atoms. The number of benzene rings is 2. The number of hydrogen-bond acceptors (Lipinski definition) is 9. The zero-order valence-electron chi connectivity index (χ0n) is 21.8. The molecule has 2 unspecified atom stereocenters. The molecular weight excluding hydrogens is 476 g/mol. The summed E-state index contributed by atoms with van der Waals surface area (Å²) in [4.78, 5) is 14.0. The zero-order chi connectivity index (χ0) is 26.3. The maximum absolute atomic E-state index is 14.0. The fourth-order valence-corrected chi connectivity index (χ4v) is 5.44. The van der Waals surface area contributed by atoms with Crippen LogP contribution in [0, 0.1) is 6.92 Å². The molecule has 1 aliphatic heterocycles. The van der Waals surface area contributed by atoms with E-state index in [4.69, 9.17) is 28.2 Å². The van der Waals surface area contributed by atoms with Crippen LogP contribution in [0.25, 0.3) is 0 Å². The number of carbonyl (C=O) groups excluding carboxylic acids is 1. The number of fused-ring (bicyclic) bond motifs is 1. The lowest BCUT2D eigenvalue weighted by atomic mass is 9.72. The minimum absolute atomic E-state index is 0.0247. The average molecular weight is 507 g/mol. The summed E-state index contributed by atoms with van der Waals surface area (Å²) in [5.74, 6) is 3.06. The van der Waals surface area contributed by atoms with E-state index in [2.05, 4.69) is 10.5 Å². The quantitative estimate of drug-likeness (QED) is 0.475. The van der Waals surface area contributed by atoms with Crippen LogP contribution in [0.1, 0.15) is 47.1 Å². The summed E-state index contributed by atoms with van der Waals surface area (Å²) in [6.07, 6.45) is 0.895. The maximum Gasteiger partial charge on any atom is 0.233 e. The number of anilines is 1. The SMILES string of the molecule is COc1ccc(OC)c(C2CC(=O)C3=C(C2)Nc2onc(C)c2C3c2cc(OC)c(OC)cc2OC)c1. The largest absolute Gasteiger partial charge is 0.497 e. The van der Waals surface area contributed by atoms with E-state index in [-0.39, 0.29) is 11.7 Å². The second kappa shape index (κ2) is 9.72. The molecule has 2 atom stereocenters. The first kappa shape index (κ1) is 24.5. The van der Waals surface area contributed by atoms with Crippen LogP contribution in [0.2, 0.25) is 0 Å². The van der Waals surface area contributed by atoms with Crippen molar-refractivity contribution in [1.82, 2.24) is 5.16 Å². The number of allylic oxidation sites excluding steroid dienone is 2. The maximum atomic E-state index is 14.0. The summed E-state index contributed by atoms with van der Waals surface area (Å²) in [7, 11) is 7.99. The van der Waals surface area contributed by atoms with Crippen molar-refractivity contribution in [3.05, 3.63) is 64.0 Å². The van der Waals surface area contributed by atoms with Gasteiger partial charge in [0.15, 0.2) is 17.3 Å². The standard InChI is InChI=1S/C28H30N2O7/c1-14-25-26(18-12-23(35-5)24(36-6)13-22(18)34-4)27-19(29-28(25)37-30-14)9-15(10-20(27)31)17-11-16(32-2)7-8-21(17)33-3/h7-8,11-13,15,26,29H,9-10H2,1-6H3. The van der Waals surface area contributed by atoms with Crippen LogP contribution in [-0.4, -0.2) is 46.5 Å². The molecule has 2 aromatic carbocycles. The Morgan fingerprint density at radius 2 is 1.54 bits per heavy atom. The first-order valence-electron chi connectivity index (χ1n) is 11.9. The van der Waals surface area contributed by atoms with Gasteiger partial charge in [-0.2, -0.15) is 0 Å². The summed E-state index contributed by atoms with van der Waals surface area (Å²) < 4.78 is 33.6. The molecule has 9 heteroatoms. The smallest absolute Gasteiger partial charge is 0.233 e. The van der Waals surface area contributed by atoms with E-state index < -0.39 is 5.92 Å². The van der Waals surface area contributed by atoms with Gasteiger partial charge >= 0.3 is 0 Å². The molecule has 0 spiro atoms. The summed E-state index contributed by atoms with van der Waals surface area (Å²) in [5, 5.41) is 7.57. The Morgan fingerprint density at radius 3 is 2.22 bits per heavy atom. The molecule has 0 fully saturated rings. The molecule has 0 saturated heterocycles. The number of Topliss-reactive ketones (excluding diaryl/α,β-unsaturated/α-hetero) is 1. The Hall–Kier alpha value is -4.14. The van der Waals surface area contributed by atoms with Crippen LogP contribution in [0.4, 0.5) is 5.88 Å². The molecule has 9 nitrogen and oxygen atoms in total. The molecule has 3 aromatic rings. The van der Waals surface area contributed by atoms with E-state index in [0.717, 1.165) is 22.4 Å². The van der Waals surface area contributed by atoms with Gasteiger partial charge in [0.1, 0.15) is 17.2 Å². The van der Waals surface area contributed by atoms with Crippen molar-refractivity contribution in [3.63, 3.8) is 0 Å². The van der Waals surface area contributed by atoms with Crippen molar-refractivity contribution in [2.24, 2.45) is 0 Å². The predicted octanol–water partition coefficient (Wildman–Crippen LogP) is 4.98. The molecule has 0 saturated carbocycles. The van der Waals surface area contributed by atoms with E-state index in [1.54, 1.807) is 41.6 Å². The van der Waals surface area contributed by atoms with Crippen LogP contribution >= 0.6 is 0 Å². The van der Waals surface area contributed by atoms with Crippen LogP contribution < -0.4 is 29.0 Å². The Bertz CT molecular complexity index is 1390. The zero-order valence-corrected chi connectivity index (χ0v) is 21.8. The van der Waals surface area contributed by atoms with Crippen LogP contribution in [0.15, 0.2) is 46.1 Å². The molecule has 1 N–H and O–H groups in total. The van der Waals surface area contributed by atoms with Gasteiger partial charge in [0.25, 0.3) is 0 Å². The van der Waals surface area contributed by atoms with Gasteiger partial charge in [0, 0.05) is 40.8 Å². The van der Waals surface area contributed by atoms with Crippen molar-refractivity contribution >= 4 is 11.7 Å². The number of ether oxygens (including phenoxy) is 5. The van der Waals surface area contributed by atoms with Gasteiger partial charge in [-0.3, -0.25) is 4.79 Å². The molecule has 2 heterocycles. The van der Waals surface area contributed by atoms with Crippen molar-refractivity contribution < 1.29 is 33.0 Å². The van der Waals surface area contributed by atoms with E-state index in [9.17, 15) is 4.79 Å². The first-order chi connectivity index (χ1) is 17.9. The Morgan fingerprint density at radius 1 is 0.838 bits per heavy atom. The number of nitrogens with zero attached hydrogens (tertiary/aromatic N) is 1. The van der Waals surface area contributed by atoms with Crippen molar-refractivity contribution in [2.45, 2.75) is 31.6 Å². The summed E-state index contributed by atoms with van der Waals surface area (Å²) in [6, 6.07) is 9.28. The fraction of sp³-hybridized carbons (Fsp3) is 0.357. The number of ketones is 1. The highest BCUT2D eigenvalue weighted by molar-refractivity contribution is 6.02. The molecule has 1 aliphatic carbocycles. The summed E-state index contributed by atoms with van der Waals surface area (Å²) in [6.45, 7) is 1.87. The number of methoxy groups -OCH3 is 5. The second-order valence-corrected chi connectivity index (χ2v) is 9.05. The number of aryl methyl sites for hydroxylation is 1. The molecule has 194 valence electrons. The Balaban J connectivity index is 1.67. The first-order valence-corrected chi connectivity index (χ1v) is 11.9. The van der Waals surface area contributed by atoms with Crippen molar-refractivity contribution in [2.75, 3.05) is 40.9 Å². The van der Waals surface area contributed by atoms with Crippen LogP contribution in [-0.2, 0) is 4.79 Å². The highest BCUT2D eigenvalue weighted by atomic mass is 16.5. The molecule has 0 amide bonds. The monoisotopic (exact) mass is 506 g/mol. The molecule has 5 rings (SSSR count).